The first-order chi connectivity index (χ1) is 12.2. The first-order valence-corrected chi connectivity index (χ1v) is 9.44. The smallest absolute Gasteiger partial charge is 0.191 e. The highest BCUT2D eigenvalue weighted by atomic mass is 127. The number of nitrogens with one attached hydrogen (secondary N) is 2. The Bertz CT molecular complexity index is 566. The molecule has 2 N–H and O–H groups in total. The summed E-state index contributed by atoms with van der Waals surface area (Å²) in [6, 6.07) is 6.85. The normalized spacial score (nSPS) is 18.8. The SMILES string of the molecule is CCCC1CC1NC(=NCc1ccc(C)cc1OCCOC)NCC.I. The second-order valence-electron chi connectivity index (χ2n) is 6.68. The molecule has 2 rings (SSSR count). The van der Waals surface area contributed by atoms with Crippen molar-refractivity contribution in [2.75, 3.05) is 26.9 Å². The van der Waals surface area contributed by atoms with E-state index in [4.69, 9.17) is 14.5 Å². The molecule has 0 spiro atoms. The third-order valence-corrected chi connectivity index (χ3v) is 4.42. The minimum absolute atomic E-state index is 0. The minimum Gasteiger partial charge on any atom is -0.491 e. The Balaban J connectivity index is 0.00000338. The number of halogens is 1. The molecule has 5 nitrogen and oxygen atoms in total. The van der Waals surface area contributed by atoms with Crippen LogP contribution >= 0.6 is 24.0 Å². The quantitative estimate of drug-likeness (QED) is 0.234. The van der Waals surface area contributed by atoms with E-state index in [-0.39, 0.29) is 24.0 Å². The molecule has 0 aromatic heterocycles. The Labute approximate surface area is 175 Å². The lowest BCUT2D eigenvalue weighted by atomic mass is 10.1. The zero-order chi connectivity index (χ0) is 18.1. The van der Waals surface area contributed by atoms with E-state index < -0.39 is 0 Å². The maximum atomic E-state index is 5.86. The molecular weight excluding hydrogens is 441 g/mol. The number of aryl methyl sites for hydroxylation is 1. The van der Waals surface area contributed by atoms with Gasteiger partial charge in [0.15, 0.2) is 5.96 Å². The van der Waals surface area contributed by atoms with Crippen LogP contribution in [0, 0.1) is 12.8 Å². The van der Waals surface area contributed by atoms with Crippen molar-refractivity contribution in [3.63, 3.8) is 0 Å². The zero-order valence-electron chi connectivity index (χ0n) is 16.5. The highest BCUT2D eigenvalue weighted by Crippen LogP contribution is 2.34. The van der Waals surface area contributed by atoms with Crippen LogP contribution in [-0.2, 0) is 11.3 Å². The molecule has 0 heterocycles. The van der Waals surface area contributed by atoms with Gasteiger partial charge in [0.25, 0.3) is 0 Å². The summed E-state index contributed by atoms with van der Waals surface area (Å²) in [5.74, 6) is 2.60. The van der Waals surface area contributed by atoms with Crippen LogP contribution in [0.25, 0.3) is 0 Å². The molecule has 1 saturated carbocycles. The van der Waals surface area contributed by atoms with Gasteiger partial charge in [-0.15, -0.1) is 24.0 Å². The van der Waals surface area contributed by atoms with E-state index in [1.165, 1.54) is 24.8 Å². The maximum Gasteiger partial charge on any atom is 0.191 e. The van der Waals surface area contributed by atoms with E-state index in [1.807, 2.05) is 0 Å². The highest BCUT2D eigenvalue weighted by molar-refractivity contribution is 14.0. The van der Waals surface area contributed by atoms with Crippen molar-refractivity contribution in [2.45, 2.75) is 52.6 Å². The van der Waals surface area contributed by atoms with Gasteiger partial charge < -0.3 is 20.1 Å². The number of nitrogens with zero attached hydrogens (tertiary/aromatic N) is 1. The number of aliphatic imine (C=N–C) groups is 1. The molecule has 26 heavy (non-hydrogen) atoms. The molecule has 0 saturated heterocycles. The number of methoxy groups -OCH3 is 1. The maximum absolute atomic E-state index is 5.86. The van der Waals surface area contributed by atoms with E-state index in [1.54, 1.807) is 7.11 Å². The topological polar surface area (TPSA) is 54.9 Å². The molecular formula is C20H34IN3O2. The Hall–Kier alpha value is -1.02. The van der Waals surface area contributed by atoms with Gasteiger partial charge in [0.05, 0.1) is 13.2 Å². The Morgan fingerprint density at radius 3 is 2.77 bits per heavy atom. The summed E-state index contributed by atoms with van der Waals surface area (Å²) in [5.41, 5.74) is 2.28. The summed E-state index contributed by atoms with van der Waals surface area (Å²) in [6.07, 6.45) is 3.81. The van der Waals surface area contributed by atoms with Gasteiger partial charge in [-0.2, -0.15) is 0 Å². The first kappa shape index (κ1) is 23.0. The minimum atomic E-state index is 0. The molecule has 0 aliphatic heterocycles. The van der Waals surface area contributed by atoms with E-state index in [9.17, 15) is 0 Å². The van der Waals surface area contributed by atoms with E-state index in [0.29, 0.717) is 25.8 Å². The molecule has 2 atom stereocenters. The van der Waals surface area contributed by atoms with Crippen molar-refractivity contribution in [2.24, 2.45) is 10.9 Å². The van der Waals surface area contributed by atoms with Gasteiger partial charge >= 0.3 is 0 Å². The van der Waals surface area contributed by atoms with Gasteiger partial charge in [0.2, 0.25) is 0 Å². The molecule has 1 aliphatic rings. The number of rotatable bonds is 10. The fourth-order valence-electron chi connectivity index (χ4n) is 2.94. The van der Waals surface area contributed by atoms with Gasteiger partial charge in [0, 0.05) is 25.3 Å². The summed E-state index contributed by atoms with van der Waals surface area (Å²) in [4.78, 5) is 4.76. The van der Waals surface area contributed by atoms with Crippen LogP contribution in [0.3, 0.4) is 0 Å². The average Bonchev–Trinajstić information content (AvgIpc) is 3.32. The standard InChI is InChI=1S/C20H33N3O2.HI/c1-5-7-16-13-18(16)23-20(21-6-2)22-14-17-9-8-15(3)12-19(17)25-11-10-24-4;/h8-9,12,16,18H,5-7,10-11,13-14H2,1-4H3,(H2,21,22,23);1H. The third-order valence-electron chi connectivity index (χ3n) is 4.42. The summed E-state index contributed by atoms with van der Waals surface area (Å²) in [6.45, 7) is 9.01. The van der Waals surface area contributed by atoms with Crippen LogP contribution in [0.2, 0.25) is 0 Å². The number of ether oxygens (including phenoxy) is 2. The number of benzene rings is 1. The summed E-state index contributed by atoms with van der Waals surface area (Å²) in [5, 5.41) is 6.91. The molecule has 0 amide bonds. The van der Waals surface area contributed by atoms with Crippen molar-refractivity contribution in [1.29, 1.82) is 0 Å². The van der Waals surface area contributed by atoms with Crippen molar-refractivity contribution in [3.05, 3.63) is 29.3 Å². The molecule has 1 fully saturated rings. The monoisotopic (exact) mass is 475 g/mol. The predicted octanol–water partition coefficient (Wildman–Crippen LogP) is 3.88. The summed E-state index contributed by atoms with van der Waals surface area (Å²) in [7, 11) is 1.68. The largest absolute Gasteiger partial charge is 0.491 e. The molecule has 0 radical (unpaired) electrons. The summed E-state index contributed by atoms with van der Waals surface area (Å²) < 4.78 is 10.9. The van der Waals surface area contributed by atoms with Gasteiger partial charge in [-0.25, -0.2) is 4.99 Å². The van der Waals surface area contributed by atoms with Crippen LogP contribution in [0.4, 0.5) is 0 Å². The average molecular weight is 475 g/mol. The van der Waals surface area contributed by atoms with Gasteiger partial charge in [-0.1, -0.05) is 25.5 Å². The third kappa shape index (κ3) is 7.70. The molecule has 1 aromatic carbocycles. The molecule has 148 valence electrons. The lowest BCUT2D eigenvalue weighted by Gasteiger charge is -2.13. The van der Waals surface area contributed by atoms with E-state index >= 15 is 0 Å². The first-order valence-electron chi connectivity index (χ1n) is 9.44. The number of hydrogen-bond donors (Lipinski definition) is 2. The molecule has 2 unspecified atom stereocenters. The zero-order valence-corrected chi connectivity index (χ0v) is 18.8. The lowest BCUT2D eigenvalue weighted by Crippen LogP contribution is -2.39. The second-order valence-corrected chi connectivity index (χ2v) is 6.68. The Kier molecular flexibility index (Phi) is 11.0. The Morgan fingerprint density at radius 2 is 2.08 bits per heavy atom. The van der Waals surface area contributed by atoms with Crippen molar-refractivity contribution < 1.29 is 9.47 Å². The van der Waals surface area contributed by atoms with E-state index in [2.05, 4.69) is 49.6 Å². The molecule has 0 bridgehead atoms. The van der Waals surface area contributed by atoms with Gasteiger partial charge in [-0.3, -0.25) is 0 Å². The Morgan fingerprint density at radius 1 is 1.27 bits per heavy atom. The molecule has 1 aromatic rings. The van der Waals surface area contributed by atoms with Crippen molar-refractivity contribution in [1.82, 2.24) is 10.6 Å². The van der Waals surface area contributed by atoms with Crippen LogP contribution in [0.15, 0.2) is 23.2 Å². The fraction of sp³-hybridized carbons (Fsp3) is 0.650. The molecule has 1 aliphatic carbocycles. The summed E-state index contributed by atoms with van der Waals surface area (Å²) >= 11 is 0. The molecule has 6 heteroatoms. The number of hydrogen-bond acceptors (Lipinski definition) is 3. The van der Waals surface area contributed by atoms with Crippen LogP contribution in [-0.4, -0.2) is 38.9 Å². The van der Waals surface area contributed by atoms with Crippen molar-refractivity contribution >= 4 is 29.9 Å². The van der Waals surface area contributed by atoms with Gasteiger partial charge in [0.1, 0.15) is 12.4 Å². The second kappa shape index (κ2) is 12.4. The highest BCUT2D eigenvalue weighted by Gasteiger charge is 2.36. The van der Waals surface area contributed by atoms with Crippen LogP contribution < -0.4 is 15.4 Å². The predicted molar refractivity (Wildman–Crippen MR) is 119 cm³/mol. The lowest BCUT2D eigenvalue weighted by molar-refractivity contribution is 0.145. The fourth-order valence-corrected chi connectivity index (χ4v) is 2.94. The van der Waals surface area contributed by atoms with Crippen LogP contribution in [0.5, 0.6) is 5.75 Å². The van der Waals surface area contributed by atoms with Crippen LogP contribution in [0.1, 0.15) is 44.2 Å². The van der Waals surface area contributed by atoms with Crippen molar-refractivity contribution in [3.8, 4) is 5.75 Å². The van der Waals surface area contributed by atoms with E-state index in [0.717, 1.165) is 29.7 Å². The number of guanidine groups is 1. The van der Waals surface area contributed by atoms with Gasteiger partial charge in [-0.05, 0) is 44.2 Å².